The van der Waals surface area contributed by atoms with E-state index >= 15 is 0 Å². The summed E-state index contributed by atoms with van der Waals surface area (Å²) in [5.74, 6) is -0.0172. The van der Waals surface area contributed by atoms with Crippen molar-refractivity contribution in [3.63, 3.8) is 0 Å². The predicted octanol–water partition coefficient (Wildman–Crippen LogP) is 1.98. The van der Waals surface area contributed by atoms with Crippen LogP contribution in [0.25, 0.3) is 0 Å². The number of hydrogen-bond acceptors (Lipinski definition) is 4. The molecule has 1 aromatic rings. The lowest BCUT2D eigenvalue weighted by molar-refractivity contribution is -0.133. The van der Waals surface area contributed by atoms with Crippen molar-refractivity contribution in [1.82, 2.24) is 14.7 Å². The van der Waals surface area contributed by atoms with E-state index in [9.17, 15) is 4.79 Å². The highest BCUT2D eigenvalue weighted by molar-refractivity contribution is 5.78. The summed E-state index contributed by atoms with van der Waals surface area (Å²) < 4.78 is 0. The molecule has 0 bridgehead atoms. The Kier molecular flexibility index (Phi) is 6.77. The standard InChI is InChI=1S/C19H28N4O/c1-4-22(13-16(2)12-20)19(24)15-23-11-10-21(3)14-18(23)17-8-6-5-7-9-17/h5-9,16,18H,4,10-11,13-15H2,1-3H3/t16-,18+/m1/s1. The Labute approximate surface area is 145 Å². The Morgan fingerprint density at radius 3 is 2.71 bits per heavy atom. The minimum atomic E-state index is -0.133. The van der Waals surface area contributed by atoms with Gasteiger partial charge in [-0.2, -0.15) is 5.26 Å². The maximum atomic E-state index is 12.7. The molecule has 1 amide bonds. The molecule has 2 rings (SSSR count). The highest BCUT2D eigenvalue weighted by Gasteiger charge is 2.29. The maximum absolute atomic E-state index is 12.7. The molecule has 1 aromatic carbocycles. The summed E-state index contributed by atoms with van der Waals surface area (Å²) in [6, 6.07) is 12.8. The molecule has 0 N–H and O–H groups in total. The second-order valence-electron chi connectivity index (χ2n) is 6.62. The van der Waals surface area contributed by atoms with Gasteiger partial charge < -0.3 is 9.80 Å². The zero-order chi connectivity index (χ0) is 17.5. The average Bonchev–Trinajstić information content (AvgIpc) is 2.61. The van der Waals surface area contributed by atoms with Crippen LogP contribution < -0.4 is 0 Å². The fourth-order valence-electron chi connectivity index (χ4n) is 3.19. The summed E-state index contributed by atoms with van der Waals surface area (Å²) >= 11 is 0. The summed E-state index contributed by atoms with van der Waals surface area (Å²) in [4.78, 5) is 19.1. The van der Waals surface area contributed by atoms with Crippen LogP contribution in [0, 0.1) is 17.2 Å². The highest BCUT2D eigenvalue weighted by Crippen LogP contribution is 2.24. The first-order valence-corrected chi connectivity index (χ1v) is 8.70. The van der Waals surface area contributed by atoms with Crippen molar-refractivity contribution < 1.29 is 4.79 Å². The highest BCUT2D eigenvalue weighted by atomic mass is 16.2. The maximum Gasteiger partial charge on any atom is 0.236 e. The van der Waals surface area contributed by atoms with E-state index in [1.54, 1.807) is 4.90 Å². The smallest absolute Gasteiger partial charge is 0.236 e. The fourth-order valence-corrected chi connectivity index (χ4v) is 3.19. The number of nitriles is 1. The summed E-state index contributed by atoms with van der Waals surface area (Å²) in [5.41, 5.74) is 1.25. The lowest BCUT2D eigenvalue weighted by atomic mass is 10.0. The lowest BCUT2D eigenvalue weighted by Gasteiger charge is -2.40. The zero-order valence-electron chi connectivity index (χ0n) is 15.0. The van der Waals surface area contributed by atoms with Gasteiger partial charge in [0, 0.05) is 38.8 Å². The van der Waals surface area contributed by atoms with Gasteiger partial charge in [-0.25, -0.2) is 0 Å². The van der Waals surface area contributed by atoms with Crippen LogP contribution in [-0.2, 0) is 4.79 Å². The minimum absolute atomic E-state index is 0.116. The number of rotatable bonds is 6. The monoisotopic (exact) mass is 328 g/mol. The van der Waals surface area contributed by atoms with Gasteiger partial charge in [0.2, 0.25) is 5.91 Å². The van der Waals surface area contributed by atoms with E-state index in [0.29, 0.717) is 19.6 Å². The molecule has 1 saturated heterocycles. The van der Waals surface area contributed by atoms with Gasteiger partial charge >= 0.3 is 0 Å². The van der Waals surface area contributed by atoms with Gasteiger partial charge in [0.25, 0.3) is 0 Å². The normalized spacial score (nSPS) is 20.3. The molecule has 1 fully saturated rings. The number of piperazine rings is 1. The van der Waals surface area contributed by atoms with Crippen LogP contribution in [0.15, 0.2) is 30.3 Å². The molecule has 0 saturated carbocycles. The van der Waals surface area contributed by atoms with E-state index in [2.05, 4.69) is 47.2 Å². The number of hydrogen-bond donors (Lipinski definition) is 0. The van der Waals surface area contributed by atoms with Gasteiger partial charge in [-0.1, -0.05) is 30.3 Å². The van der Waals surface area contributed by atoms with E-state index in [1.807, 2.05) is 19.9 Å². The predicted molar refractivity (Wildman–Crippen MR) is 95.3 cm³/mol. The molecule has 0 aromatic heterocycles. The van der Waals surface area contributed by atoms with Crippen LogP contribution in [0.1, 0.15) is 25.5 Å². The molecule has 5 heteroatoms. The third-order valence-electron chi connectivity index (χ3n) is 4.67. The second-order valence-corrected chi connectivity index (χ2v) is 6.62. The molecule has 1 aliphatic heterocycles. The summed E-state index contributed by atoms with van der Waals surface area (Å²) in [5, 5.41) is 9.00. The fraction of sp³-hybridized carbons (Fsp3) is 0.579. The molecule has 0 aliphatic carbocycles. The Hall–Kier alpha value is -1.90. The molecule has 1 heterocycles. The van der Waals surface area contributed by atoms with Gasteiger partial charge in [-0.3, -0.25) is 9.69 Å². The molecule has 0 spiro atoms. The summed E-state index contributed by atoms with van der Waals surface area (Å²) in [6.07, 6.45) is 0. The molecule has 130 valence electrons. The van der Waals surface area contributed by atoms with Crippen molar-refractivity contribution in [2.24, 2.45) is 5.92 Å². The number of nitrogens with zero attached hydrogens (tertiary/aromatic N) is 4. The van der Waals surface area contributed by atoms with Crippen LogP contribution in [0.5, 0.6) is 0 Å². The average molecular weight is 328 g/mol. The largest absolute Gasteiger partial charge is 0.341 e. The van der Waals surface area contributed by atoms with Crippen molar-refractivity contribution in [3.05, 3.63) is 35.9 Å². The third kappa shape index (κ3) is 4.80. The van der Waals surface area contributed by atoms with Crippen LogP contribution >= 0.6 is 0 Å². The van der Waals surface area contributed by atoms with E-state index in [-0.39, 0.29) is 17.9 Å². The van der Waals surface area contributed by atoms with Crippen molar-refractivity contribution in [1.29, 1.82) is 5.26 Å². The number of carbonyl (C=O) groups excluding carboxylic acids is 1. The molecule has 2 atom stereocenters. The van der Waals surface area contributed by atoms with Gasteiger partial charge in [-0.15, -0.1) is 0 Å². The second kappa shape index (κ2) is 8.81. The molecular formula is C19H28N4O. The van der Waals surface area contributed by atoms with Gasteiger partial charge in [0.05, 0.1) is 18.5 Å². The zero-order valence-corrected chi connectivity index (χ0v) is 15.0. The SMILES string of the molecule is CCN(C[C@H](C)C#N)C(=O)CN1CCN(C)C[C@H]1c1ccccc1. The minimum Gasteiger partial charge on any atom is -0.341 e. The first-order valence-electron chi connectivity index (χ1n) is 8.70. The number of likely N-dealkylation sites (N-methyl/N-ethyl adjacent to an activating group) is 2. The molecule has 0 unspecified atom stereocenters. The summed E-state index contributed by atoms with van der Waals surface area (Å²) in [6.45, 7) is 8.19. The molecule has 5 nitrogen and oxygen atoms in total. The first-order chi connectivity index (χ1) is 11.5. The van der Waals surface area contributed by atoms with E-state index < -0.39 is 0 Å². The van der Waals surface area contributed by atoms with Crippen molar-refractivity contribution in [2.45, 2.75) is 19.9 Å². The molecular weight excluding hydrogens is 300 g/mol. The topological polar surface area (TPSA) is 50.6 Å². The van der Waals surface area contributed by atoms with Crippen molar-refractivity contribution >= 4 is 5.91 Å². The Morgan fingerprint density at radius 2 is 2.08 bits per heavy atom. The molecule has 24 heavy (non-hydrogen) atoms. The Morgan fingerprint density at radius 1 is 1.38 bits per heavy atom. The number of carbonyl (C=O) groups is 1. The van der Waals surface area contributed by atoms with Crippen molar-refractivity contribution in [3.8, 4) is 6.07 Å². The Balaban J connectivity index is 2.07. The first kappa shape index (κ1) is 18.4. The van der Waals surface area contributed by atoms with Crippen LogP contribution in [0.2, 0.25) is 0 Å². The van der Waals surface area contributed by atoms with E-state index in [0.717, 1.165) is 19.6 Å². The molecule has 0 radical (unpaired) electrons. The van der Waals surface area contributed by atoms with Crippen LogP contribution in [0.3, 0.4) is 0 Å². The van der Waals surface area contributed by atoms with E-state index in [4.69, 9.17) is 5.26 Å². The number of benzene rings is 1. The summed E-state index contributed by atoms with van der Waals surface area (Å²) in [7, 11) is 2.13. The van der Waals surface area contributed by atoms with Crippen LogP contribution in [0.4, 0.5) is 0 Å². The van der Waals surface area contributed by atoms with Gasteiger partial charge in [0.1, 0.15) is 0 Å². The molecule has 1 aliphatic rings. The van der Waals surface area contributed by atoms with Gasteiger partial charge in [0.15, 0.2) is 0 Å². The number of amides is 1. The van der Waals surface area contributed by atoms with Crippen LogP contribution in [-0.4, -0.2) is 66.9 Å². The quantitative estimate of drug-likeness (QED) is 0.801. The Bertz CT molecular complexity index is 568. The third-order valence-corrected chi connectivity index (χ3v) is 4.67. The van der Waals surface area contributed by atoms with Gasteiger partial charge in [-0.05, 0) is 26.5 Å². The van der Waals surface area contributed by atoms with E-state index in [1.165, 1.54) is 5.56 Å². The lowest BCUT2D eigenvalue weighted by Crippen LogP contribution is -2.51. The van der Waals surface area contributed by atoms with Crippen molar-refractivity contribution in [2.75, 3.05) is 46.3 Å².